The first kappa shape index (κ1) is 13.2. The molecule has 0 amide bonds. The SMILES string of the molecule is Nc1cc(Cl)ccc1SCc1cc(F)ccc1F. The molecule has 5 heteroatoms. The Hall–Kier alpha value is -1.26. The Balaban J connectivity index is 2.13. The van der Waals surface area contributed by atoms with Gasteiger partial charge in [-0.3, -0.25) is 0 Å². The molecule has 2 N–H and O–H groups in total. The minimum absolute atomic E-state index is 0.314. The van der Waals surface area contributed by atoms with Gasteiger partial charge in [-0.2, -0.15) is 0 Å². The molecule has 0 bridgehead atoms. The molecule has 0 aliphatic carbocycles. The van der Waals surface area contributed by atoms with Crippen LogP contribution in [0, 0.1) is 11.6 Å². The van der Waals surface area contributed by atoms with Crippen LogP contribution in [0.15, 0.2) is 41.3 Å². The van der Waals surface area contributed by atoms with E-state index in [4.69, 9.17) is 17.3 Å². The fourth-order valence-electron chi connectivity index (χ4n) is 1.46. The third-order valence-corrected chi connectivity index (χ3v) is 3.74. The number of benzene rings is 2. The molecule has 0 aromatic heterocycles. The van der Waals surface area contributed by atoms with Crippen LogP contribution >= 0.6 is 23.4 Å². The van der Waals surface area contributed by atoms with Crippen molar-refractivity contribution in [1.82, 2.24) is 0 Å². The van der Waals surface area contributed by atoms with Gasteiger partial charge >= 0.3 is 0 Å². The molecular weight excluding hydrogens is 276 g/mol. The second-order valence-corrected chi connectivity index (χ2v) is 5.16. The van der Waals surface area contributed by atoms with E-state index < -0.39 is 11.6 Å². The predicted molar refractivity (Wildman–Crippen MR) is 71.8 cm³/mol. The van der Waals surface area contributed by atoms with Gasteiger partial charge in [-0.05, 0) is 36.4 Å². The minimum Gasteiger partial charge on any atom is -0.398 e. The molecule has 2 rings (SSSR count). The Morgan fingerprint density at radius 1 is 1.11 bits per heavy atom. The Bertz CT molecular complexity index is 575. The molecule has 0 heterocycles. The molecule has 0 saturated carbocycles. The second-order valence-electron chi connectivity index (χ2n) is 3.71. The standard InChI is InChI=1S/C13H10ClF2NS/c14-9-1-4-13(12(17)6-9)18-7-8-5-10(15)2-3-11(8)16/h1-6H,7,17H2. The summed E-state index contributed by atoms with van der Waals surface area (Å²) in [5, 5.41) is 0.550. The molecule has 2 aromatic rings. The number of hydrogen-bond donors (Lipinski definition) is 1. The van der Waals surface area contributed by atoms with Crippen molar-refractivity contribution in [3.05, 3.63) is 58.6 Å². The van der Waals surface area contributed by atoms with Gasteiger partial charge in [0, 0.05) is 26.9 Å². The Labute approximate surface area is 113 Å². The number of rotatable bonds is 3. The van der Waals surface area contributed by atoms with E-state index in [2.05, 4.69) is 0 Å². The number of nitrogens with two attached hydrogens (primary N) is 1. The number of hydrogen-bond acceptors (Lipinski definition) is 2. The first-order valence-corrected chi connectivity index (χ1v) is 6.54. The molecule has 1 nitrogen and oxygen atoms in total. The van der Waals surface area contributed by atoms with Crippen molar-refractivity contribution >= 4 is 29.1 Å². The van der Waals surface area contributed by atoms with Gasteiger partial charge in [-0.15, -0.1) is 11.8 Å². The third kappa shape index (κ3) is 3.15. The summed E-state index contributed by atoms with van der Waals surface area (Å²) in [4.78, 5) is 0.795. The Kier molecular flexibility index (Phi) is 4.09. The summed E-state index contributed by atoms with van der Waals surface area (Å²) in [5.41, 5.74) is 6.63. The molecular formula is C13H10ClF2NS. The zero-order chi connectivity index (χ0) is 13.1. The number of thioether (sulfide) groups is 1. The van der Waals surface area contributed by atoms with E-state index in [1.165, 1.54) is 17.8 Å². The molecule has 0 fully saturated rings. The molecule has 0 aliphatic heterocycles. The predicted octanol–water partition coefficient (Wildman–Crippen LogP) is 4.49. The summed E-state index contributed by atoms with van der Waals surface area (Å²) in [5.74, 6) is -0.553. The van der Waals surface area contributed by atoms with Crippen molar-refractivity contribution in [2.45, 2.75) is 10.6 Å². The molecule has 2 aromatic carbocycles. The van der Waals surface area contributed by atoms with Gasteiger partial charge in [0.05, 0.1) is 0 Å². The monoisotopic (exact) mass is 285 g/mol. The molecule has 94 valence electrons. The molecule has 0 saturated heterocycles. The zero-order valence-electron chi connectivity index (χ0n) is 9.29. The van der Waals surface area contributed by atoms with Gasteiger partial charge in [-0.25, -0.2) is 8.78 Å². The highest BCUT2D eigenvalue weighted by molar-refractivity contribution is 7.98. The van der Waals surface area contributed by atoms with Gasteiger partial charge < -0.3 is 5.73 Å². The van der Waals surface area contributed by atoms with Crippen molar-refractivity contribution in [1.29, 1.82) is 0 Å². The van der Waals surface area contributed by atoms with Crippen molar-refractivity contribution in [2.75, 3.05) is 5.73 Å². The highest BCUT2D eigenvalue weighted by atomic mass is 35.5. The van der Waals surface area contributed by atoms with E-state index in [0.29, 0.717) is 22.0 Å². The van der Waals surface area contributed by atoms with Gasteiger partial charge in [0.2, 0.25) is 0 Å². The molecule has 0 radical (unpaired) electrons. The van der Waals surface area contributed by atoms with Crippen LogP contribution in [0.25, 0.3) is 0 Å². The van der Waals surface area contributed by atoms with E-state index in [0.717, 1.165) is 17.0 Å². The maximum absolute atomic E-state index is 13.4. The van der Waals surface area contributed by atoms with Crippen LogP contribution in [0.2, 0.25) is 5.02 Å². The summed E-state index contributed by atoms with van der Waals surface area (Å²) in [6.07, 6.45) is 0. The van der Waals surface area contributed by atoms with Gasteiger partial charge in [0.15, 0.2) is 0 Å². The highest BCUT2D eigenvalue weighted by Crippen LogP contribution is 2.30. The first-order valence-electron chi connectivity index (χ1n) is 5.18. The molecule has 0 spiro atoms. The van der Waals surface area contributed by atoms with Gasteiger partial charge in [0.25, 0.3) is 0 Å². The largest absolute Gasteiger partial charge is 0.398 e. The number of halogens is 3. The fourth-order valence-corrected chi connectivity index (χ4v) is 2.56. The zero-order valence-corrected chi connectivity index (χ0v) is 10.9. The van der Waals surface area contributed by atoms with E-state index >= 15 is 0 Å². The normalized spacial score (nSPS) is 10.6. The number of nitrogen functional groups attached to an aromatic ring is 1. The van der Waals surface area contributed by atoms with Crippen LogP contribution in [0.4, 0.5) is 14.5 Å². The maximum atomic E-state index is 13.4. The molecule has 0 unspecified atom stereocenters. The third-order valence-electron chi connectivity index (χ3n) is 2.36. The minimum atomic E-state index is -0.448. The maximum Gasteiger partial charge on any atom is 0.127 e. The summed E-state index contributed by atoms with van der Waals surface area (Å²) in [7, 11) is 0. The topological polar surface area (TPSA) is 26.0 Å². The van der Waals surface area contributed by atoms with Crippen molar-refractivity contribution in [2.24, 2.45) is 0 Å². The lowest BCUT2D eigenvalue weighted by molar-refractivity contribution is 0.591. The molecule has 0 atom stereocenters. The quantitative estimate of drug-likeness (QED) is 0.664. The molecule has 0 aliphatic rings. The average molecular weight is 286 g/mol. The second kappa shape index (κ2) is 5.59. The number of anilines is 1. The lowest BCUT2D eigenvalue weighted by atomic mass is 10.2. The van der Waals surface area contributed by atoms with Crippen LogP contribution in [-0.4, -0.2) is 0 Å². The van der Waals surface area contributed by atoms with Crippen molar-refractivity contribution in [3.63, 3.8) is 0 Å². The van der Waals surface area contributed by atoms with Crippen molar-refractivity contribution < 1.29 is 8.78 Å². The lowest BCUT2D eigenvalue weighted by Crippen LogP contribution is -1.92. The lowest BCUT2D eigenvalue weighted by Gasteiger charge is -2.06. The average Bonchev–Trinajstić information content (AvgIpc) is 2.32. The van der Waals surface area contributed by atoms with Crippen molar-refractivity contribution in [3.8, 4) is 0 Å². The Morgan fingerprint density at radius 2 is 1.89 bits per heavy atom. The summed E-state index contributed by atoms with van der Waals surface area (Å²) >= 11 is 7.12. The van der Waals surface area contributed by atoms with Crippen LogP contribution < -0.4 is 5.73 Å². The van der Waals surface area contributed by atoms with Crippen LogP contribution in [0.5, 0.6) is 0 Å². The summed E-state index contributed by atoms with van der Waals surface area (Å²) < 4.78 is 26.4. The first-order chi connectivity index (χ1) is 8.56. The highest BCUT2D eigenvalue weighted by Gasteiger charge is 2.06. The summed E-state index contributed by atoms with van der Waals surface area (Å²) in [6, 6.07) is 8.51. The molecule has 18 heavy (non-hydrogen) atoms. The van der Waals surface area contributed by atoms with E-state index in [1.807, 2.05) is 0 Å². The fraction of sp³-hybridized carbons (Fsp3) is 0.0769. The van der Waals surface area contributed by atoms with E-state index in [1.54, 1.807) is 18.2 Å². The Morgan fingerprint density at radius 3 is 2.61 bits per heavy atom. The van der Waals surface area contributed by atoms with Gasteiger partial charge in [-0.1, -0.05) is 11.6 Å². The summed E-state index contributed by atoms with van der Waals surface area (Å²) in [6.45, 7) is 0. The van der Waals surface area contributed by atoms with E-state index in [-0.39, 0.29) is 0 Å². The van der Waals surface area contributed by atoms with E-state index in [9.17, 15) is 8.78 Å². The van der Waals surface area contributed by atoms with Crippen LogP contribution in [-0.2, 0) is 5.75 Å². The van der Waals surface area contributed by atoms with Crippen LogP contribution in [0.1, 0.15) is 5.56 Å². The van der Waals surface area contributed by atoms with Crippen LogP contribution in [0.3, 0.4) is 0 Å². The van der Waals surface area contributed by atoms with Gasteiger partial charge in [0.1, 0.15) is 11.6 Å². The smallest absolute Gasteiger partial charge is 0.127 e.